The van der Waals surface area contributed by atoms with E-state index in [1.807, 2.05) is 12.1 Å². The first-order valence-electron chi connectivity index (χ1n) is 6.50. The van der Waals surface area contributed by atoms with Gasteiger partial charge in [-0.25, -0.2) is 4.39 Å². The Morgan fingerprint density at radius 3 is 2.83 bits per heavy atom. The molecule has 1 aliphatic rings. The Morgan fingerprint density at radius 1 is 1.50 bits per heavy atom. The average molecular weight is 315 g/mol. The Kier molecular flexibility index (Phi) is 4.76. The van der Waals surface area contributed by atoms with E-state index in [0.29, 0.717) is 12.3 Å². The van der Waals surface area contributed by atoms with Crippen LogP contribution in [0.1, 0.15) is 31.7 Å². The number of nitrogens with two attached hydrogens (primary N) is 1. The van der Waals surface area contributed by atoms with Crippen molar-refractivity contribution in [3.05, 3.63) is 34.1 Å². The van der Waals surface area contributed by atoms with E-state index in [9.17, 15) is 4.39 Å². The predicted molar refractivity (Wildman–Crippen MR) is 75.4 cm³/mol. The van der Waals surface area contributed by atoms with Crippen molar-refractivity contribution in [1.82, 2.24) is 5.43 Å². The smallest absolute Gasteiger partial charge is 0.127 e. The first-order chi connectivity index (χ1) is 8.60. The highest BCUT2D eigenvalue weighted by Gasteiger charge is 2.28. The molecule has 0 amide bonds. The Bertz CT molecular complexity index is 411. The van der Waals surface area contributed by atoms with Crippen LogP contribution in [0.3, 0.4) is 0 Å². The zero-order valence-electron chi connectivity index (χ0n) is 10.6. The fourth-order valence-electron chi connectivity index (χ4n) is 2.90. The van der Waals surface area contributed by atoms with Gasteiger partial charge in [-0.15, -0.1) is 0 Å². The lowest BCUT2D eigenvalue weighted by Gasteiger charge is -2.23. The summed E-state index contributed by atoms with van der Waals surface area (Å²) in [5, 5.41) is 0. The molecule has 1 fully saturated rings. The van der Waals surface area contributed by atoms with Crippen molar-refractivity contribution in [3.8, 4) is 0 Å². The van der Waals surface area contributed by atoms with Gasteiger partial charge in [-0.1, -0.05) is 35.3 Å². The summed E-state index contributed by atoms with van der Waals surface area (Å²) in [5.41, 5.74) is 3.61. The van der Waals surface area contributed by atoms with Crippen molar-refractivity contribution < 1.29 is 4.39 Å². The van der Waals surface area contributed by atoms with Crippen LogP contribution < -0.4 is 11.3 Å². The second-order valence-corrected chi connectivity index (χ2v) is 6.31. The van der Waals surface area contributed by atoms with Crippen LogP contribution in [0.5, 0.6) is 0 Å². The highest BCUT2D eigenvalue weighted by Crippen LogP contribution is 2.33. The first-order valence-corrected chi connectivity index (χ1v) is 7.29. The normalized spacial score (nSPS) is 25.3. The van der Waals surface area contributed by atoms with Crippen LogP contribution in [-0.2, 0) is 6.42 Å². The monoisotopic (exact) mass is 314 g/mol. The van der Waals surface area contributed by atoms with Crippen LogP contribution >= 0.6 is 15.9 Å². The number of halogens is 2. The molecule has 0 spiro atoms. The number of hydrazine groups is 1. The summed E-state index contributed by atoms with van der Waals surface area (Å²) < 4.78 is 14.6. The molecule has 1 saturated carbocycles. The Hall–Kier alpha value is -0.450. The van der Waals surface area contributed by atoms with E-state index in [1.54, 1.807) is 0 Å². The Morgan fingerprint density at radius 2 is 2.28 bits per heavy atom. The first kappa shape index (κ1) is 14.0. The number of hydrogen-bond donors (Lipinski definition) is 2. The SMILES string of the molecule is CC1CCC(C(Cc2ccc(Br)cc2F)NN)C1. The third kappa shape index (κ3) is 3.31. The number of hydrogen-bond acceptors (Lipinski definition) is 2. The summed E-state index contributed by atoms with van der Waals surface area (Å²) in [5.74, 6) is 6.81. The maximum absolute atomic E-state index is 13.8. The number of nitrogens with one attached hydrogen (secondary N) is 1. The number of rotatable bonds is 4. The molecule has 0 aliphatic heterocycles. The fourth-order valence-corrected chi connectivity index (χ4v) is 3.24. The van der Waals surface area contributed by atoms with Gasteiger partial charge in [-0.05, 0) is 48.8 Å². The van der Waals surface area contributed by atoms with Gasteiger partial charge in [0.05, 0.1) is 0 Å². The van der Waals surface area contributed by atoms with E-state index in [0.717, 1.165) is 16.0 Å². The lowest BCUT2D eigenvalue weighted by molar-refractivity contribution is 0.349. The van der Waals surface area contributed by atoms with E-state index < -0.39 is 0 Å². The van der Waals surface area contributed by atoms with Crippen LogP contribution in [0.15, 0.2) is 22.7 Å². The Balaban J connectivity index is 2.05. The van der Waals surface area contributed by atoms with Crippen molar-refractivity contribution in [3.63, 3.8) is 0 Å². The summed E-state index contributed by atoms with van der Waals surface area (Å²) in [6, 6.07) is 5.40. The van der Waals surface area contributed by atoms with Crippen LogP contribution in [0.2, 0.25) is 0 Å². The molecule has 0 bridgehead atoms. The summed E-state index contributed by atoms with van der Waals surface area (Å²) in [7, 11) is 0. The van der Waals surface area contributed by atoms with Crippen molar-refractivity contribution in [1.29, 1.82) is 0 Å². The Labute approximate surface area is 116 Å². The molecular weight excluding hydrogens is 295 g/mol. The van der Waals surface area contributed by atoms with Crippen molar-refractivity contribution in [2.75, 3.05) is 0 Å². The van der Waals surface area contributed by atoms with Gasteiger partial charge < -0.3 is 0 Å². The van der Waals surface area contributed by atoms with Crippen LogP contribution in [0.25, 0.3) is 0 Å². The highest BCUT2D eigenvalue weighted by molar-refractivity contribution is 9.10. The minimum Gasteiger partial charge on any atom is -0.271 e. The number of benzene rings is 1. The average Bonchev–Trinajstić information content (AvgIpc) is 2.75. The van der Waals surface area contributed by atoms with Crippen molar-refractivity contribution >= 4 is 15.9 Å². The van der Waals surface area contributed by atoms with Gasteiger partial charge in [0.1, 0.15) is 5.82 Å². The predicted octanol–water partition coefficient (Wildman–Crippen LogP) is 3.40. The lowest BCUT2D eigenvalue weighted by Crippen LogP contribution is -2.42. The van der Waals surface area contributed by atoms with Gasteiger partial charge in [0, 0.05) is 10.5 Å². The zero-order valence-corrected chi connectivity index (χ0v) is 12.2. The van der Waals surface area contributed by atoms with Crippen LogP contribution in [-0.4, -0.2) is 6.04 Å². The molecule has 0 aromatic heterocycles. The zero-order chi connectivity index (χ0) is 13.1. The quantitative estimate of drug-likeness (QED) is 0.660. The summed E-state index contributed by atoms with van der Waals surface area (Å²) in [4.78, 5) is 0. The van der Waals surface area contributed by atoms with Gasteiger partial charge in [-0.3, -0.25) is 11.3 Å². The second kappa shape index (κ2) is 6.13. The summed E-state index contributed by atoms with van der Waals surface area (Å²) in [6.07, 6.45) is 4.29. The third-order valence-electron chi connectivity index (χ3n) is 3.97. The van der Waals surface area contributed by atoms with E-state index in [4.69, 9.17) is 5.84 Å². The molecule has 0 radical (unpaired) electrons. The minimum atomic E-state index is -0.157. The molecule has 3 N–H and O–H groups in total. The van der Waals surface area contributed by atoms with Gasteiger partial charge in [-0.2, -0.15) is 0 Å². The van der Waals surface area contributed by atoms with Crippen LogP contribution in [0, 0.1) is 17.7 Å². The van der Waals surface area contributed by atoms with Gasteiger partial charge in [0.25, 0.3) is 0 Å². The standard InChI is InChI=1S/C14H20BrFN2/c1-9-2-3-11(6-9)14(18-17)7-10-4-5-12(15)8-13(10)16/h4-5,8-9,11,14,18H,2-3,6-7,17H2,1H3. The highest BCUT2D eigenvalue weighted by atomic mass is 79.9. The maximum Gasteiger partial charge on any atom is 0.127 e. The third-order valence-corrected chi connectivity index (χ3v) is 4.47. The molecule has 0 saturated heterocycles. The molecule has 4 heteroatoms. The molecule has 3 unspecified atom stereocenters. The van der Waals surface area contributed by atoms with E-state index in [-0.39, 0.29) is 11.9 Å². The maximum atomic E-state index is 13.8. The molecular formula is C14H20BrFN2. The van der Waals surface area contributed by atoms with Crippen LogP contribution in [0.4, 0.5) is 4.39 Å². The largest absolute Gasteiger partial charge is 0.271 e. The topological polar surface area (TPSA) is 38.0 Å². The molecule has 1 aromatic carbocycles. The van der Waals surface area contributed by atoms with Gasteiger partial charge in [0.15, 0.2) is 0 Å². The fraction of sp³-hybridized carbons (Fsp3) is 0.571. The molecule has 1 aromatic rings. The van der Waals surface area contributed by atoms with E-state index in [1.165, 1.54) is 25.3 Å². The van der Waals surface area contributed by atoms with Crippen molar-refractivity contribution in [2.45, 2.75) is 38.6 Å². The molecule has 1 aliphatic carbocycles. The molecule has 2 nitrogen and oxygen atoms in total. The van der Waals surface area contributed by atoms with Gasteiger partial charge in [0.2, 0.25) is 0 Å². The lowest BCUT2D eigenvalue weighted by atomic mass is 9.92. The molecule has 18 heavy (non-hydrogen) atoms. The van der Waals surface area contributed by atoms with Gasteiger partial charge >= 0.3 is 0 Å². The second-order valence-electron chi connectivity index (χ2n) is 5.39. The molecule has 2 rings (SSSR count). The van der Waals surface area contributed by atoms with E-state index in [2.05, 4.69) is 28.3 Å². The molecule has 3 atom stereocenters. The minimum absolute atomic E-state index is 0.157. The van der Waals surface area contributed by atoms with Crippen molar-refractivity contribution in [2.24, 2.45) is 17.7 Å². The summed E-state index contributed by atoms with van der Waals surface area (Å²) >= 11 is 3.27. The summed E-state index contributed by atoms with van der Waals surface area (Å²) in [6.45, 7) is 2.27. The molecule has 100 valence electrons. The molecule has 0 heterocycles. The van der Waals surface area contributed by atoms with E-state index >= 15 is 0 Å².